The number of rotatable bonds is 5. The lowest BCUT2D eigenvalue weighted by Gasteiger charge is -2.15. The second-order valence-corrected chi connectivity index (χ2v) is 7.24. The minimum Gasteiger partial charge on any atom is -0.339 e. The van der Waals surface area contributed by atoms with Gasteiger partial charge in [-0.15, -0.1) is 11.8 Å². The van der Waals surface area contributed by atoms with Crippen molar-refractivity contribution in [1.29, 1.82) is 0 Å². The predicted molar refractivity (Wildman–Crippen MR) is 99.2 cm³/mol. The van der Waals surface area contributed by atoms with Gasteiger partial charge in [-0.2, -0.15) is 0 Å². The second kappa shape index (κ2) is 7.89. The number of nitrogens with zero attached hydrogens (tertiary/aromatic N) is 2. The molecule has 25 heavy (non-hydrogen) atoms. The number of carbonyl (C=O) groups is 1. The van der Waals surface area contributed by atoms with Crippen LogP contribution in [0.5, 0.6) is 0 Å². The van der Waals surface area contributed by atoms with E-state index in [4.69, 9.17) is 11.6 Å². The Labute approximate surface area is 155 Å². The Morgan fingerprint density at radius 3 is 2.60 bits per heavy atom. The molecular formula is C18H17ClN2O3S. The number of hydrogen-bond donors (Lipinski definition) is 0. The summed E-state index contributed by atoms with van der Waals surface area (Å²) >= 11 is 7.48. The fraction of sp³-hybridized carbons (Fsp3) is 0.278. The number of hydrogen-bond acceptors (Lipinski definition) is 4. The van der Waals surface area contributed by atoms with Crippen molar-refractivity contribution < 1.29 is 9.72 Å². The van der Waals surface area contributed by atoms with Crippen LogP contribution in [0.15, 0.2) is 47.4 Å². The van der Waals surface area contributed by atoms with Crippen molar-refractivity contribution in [1.82, 2.24) is 4.90 Å². The summed E-state index contributed by atoms with van der Waals surface area (Å²) in [6.45, 7) is 1.44. The Morgan fingerprint density at radius 2 is 1.92 bits per heavy atom. The summed E-state index contributed by atoms with van der Waals surface area (Å²) in [5.41, 5.74) is 1.25. The topological polar surface area (TPSA) is 63.4 Å². The summed E-state index contributed by atoms with van der Waals surface area (Å²) in [5, 5.41) is 12.1. The van der Waals surface area contributed by atoms with Crippen LogP contribution in [-0.2, 0) is 5.75 Å². The molecule has 1 aliphatic rings. The molecule has 2 aromatic carbocycles. The van der Waals surface area contributed by atoms with E-state index in [1.807, 2.05) is 18.2 Å². The maximum atomic E-state index is 12.4. The molecule has 0 N–H and O–H groups in total. The molecule has 0 bridgehead atoms. The Morgan fingerprint density at radius 1 is 1.20 bits per heavy atom. The Balaban J connectivity index is 1.81. The van der Waals surface area contributed by atoms with Gasteiger partial charge in [0.15, 0.2) is 0 Å². The van der Waals surface area contributed by atoms with Gasteiger partial charge in [0.1, 0.15) is 0 Å². The molecule has 3 rings (SSSR count). The number of nitro benzene ring substituents is 1. The van der Waals surface area contributed by atoms with Crippen LogP contribution in [0.4, 0.5) is 5.69 Å². The third kappa shape index (κ3) is 4.14. The van der Waals surface area contributed by atoms with E-state index in [2.05, 4.69) is 0 Å². The van der Waals surface area contributed by atoms with Gasteiger partial charge in [-0.05, 0) is 36.6 Å². The molecule has 2 aromatic rings. The van der Waals surface area contributed by atoms with Crippen LogP contribution >= 0.6 is 23.4 Å². The van der Waals surface area contributed by atoms with Crippen molar-refractivity contribution >= 4 is 35.0 Å². The van der Waals surface area contributed by atoms with Crippen molar-refractivity contribution in [3.63, 3.8) is 0 Å². The van der Waals surface area contributed by atoms with Crippen molar-refractivity contribution in [3.8, 4) is 0 Å². The number of amides is 1. The highest BCUT2D eigenvalue weighted by Crippen LogP contribution is 2.34. The molecule has 0 atom stereocenters. The van der Waals surface area contributed by atoms with Crippen LogP contribution in [0.1, 0.15) is 28.8 Å². The zero-order chi connectivity index (χ0) is 17.8. The molecule has 1 fully saturated rings. The highest BCUT2D eigenvalue weighted by atomic mass is 35.5. The predicted octanol–water partition coefficient (Wildman–Crippen LogP) is 4.78. The van der Waals surface area contributed by atoms with Crippen molar-refractivity contribution in [2.75, 3.05) is 13.1 Å². The smallest absolute Gasteiger partial charge is 0.283 e. The monoisotopic (exact) mass is 376 g/mol. The lowest BCUT2D eigenvalue weighted by atomic mass is 10.2. The van der Waals surface area contributed by atoms with Gasteiger partial charge in [0.05, 0.1) is 9.82 Å². The van der Waals surface area contributed by atoms with Gasteiger partial charge in [0.2, 0.25) is 0 Å². The first-order valence-electron chi connectivity index (χ1n) is 8.00. The van der Waals surface area contributed by atoms with Gasteiger partial charge in [0.25, 0.3) is 11.6 Å². The average Bonchev–Trinajstić information content (AvgIpc) is 3.15. The van der Waals surface area contributed by atoms with Crippen molar-refractivity contribution in [3.05, 3.63) is 68.7 Å². The van der Waals surface area contributed by atoms with Crippen LogP contribution in [0, 0.1) is 10.1 Å². The van der Waals surface area contributed by atoms with E-state index in [9.17, 15) is 14.9 Å². The summed E-state index contributed by atoms with van der Waals surface area (Å²) in [6.07, 6.45) is 1.97. The number of benzene rings is 2. The van der Waals surface area contributed by atoms with Crippen LogP contribution in [0.3, 0.4) is 0 Å². The molecule has 0 radical (unpaired) electrons. The van der Waals surface area contributed by atoms with E-state index < -0.39 is 4.92 Å². The summed E-state index contributed by atoms with van der Waals surface area (Å²) in [7, 11) is 0. The highest BCUT2D eigenvalue weighted by Gasteiger charge is 2.23. The third-order valence-corrected chi connectivity index (χ3v) is 5.62. The maximum Gasteiger partial charge on any atom is 0.283 e. The Bertz CT molecular complexity index is 807. The SMILES string of the molecule is O=C(c1ccc(SCc2ccccc2Cl)c([N+](=O)[O-])c1)N1CCCC1. The van der Waals surface area contributed by atoms with E-state index in [1.165, 1.54) is 17.8 Å². The van der Waals surface area contributed by atoms with Crippen LogP contribution in [0.2, 0.25) is 5.02 Å². The van der Waals surface area contributed by atoms with Crippen LogP contribution in [-0.4, -0.2) is 28.8 Å². The molecular weight excluding hydrogens is 360 g/mol. The quantitative estimate of drug-likeness (QED) is 0.428. The molecule has 0 aliphatic carbocycles. The van der Waals surface area contributed by atoms with Gasteiger partial charge < -0.3 is 4.90 Å². The lowest BCUT2D eigenvalue weighted by Crippen LogP contribution is -2.27. The van der Waals surface area contributed by atoms with E-state index in [0.717, 1.165) is 31.5 Å². The third-order valence-electron chi connectivity index (χ3n) is 4.14. The Kier molecular flexibility index (Phi) is 5.60. The summed E-state index contributed by atoms with van der Waals surface area (Å²) in [4.78, 5) is 25.7. The standard InChI is InChI=1S/C18H17ClN2O3S/c19-15-6-2-1-5-14(15)12-25-17-8-7-13(11-16(17)21(23)24)18(22)20-9-3-4-10-20/h1-2,5-8,11H,3-4,9-10,12H2. The molecule has 0 spiro atoms. The Hall–Kier alpha value is -2.05. The highest BCUT2D eigenvalue weighted by molar-refractivity contribution is 7.98. The molecule has 0 saturated carbocycles. The number of likely N-dealkylation sites (tertiary alicyclic amines) is 1. The molecule has 5 nitrogen and oxygen atoms in total. The van der Waals surface area contributed by atoms with Crippen LogP contribution in [0.25, 0.3) is 0 Å². The zero-order valence-electron chi connectivity index (χ0n) is 13.5. The minimum absolute atomic E-state index is 0.0397. The first-order chi connectivity index (χ1) is 12.1. The first-order valence-corrected chi connectivity index (χ1v) is 9.36. The molecule has 1 aliphatic heterocycles. The van der Waals surface area contributed by atoms with E-state index in [1.54, 1.807) is 23.1 Å². The summed E-state index contributed by atoms with van der Waals surface area (Å²) in [5.74, 6) is 0.392. The molecule has 7 heteroatoms. The molecule has 1 amide bonds. The minimum atomic E-state index is -0.435. The number of thioether (sulfide) groups is 1. The maximum absolute atomic E-state index is 12.4. The number of halogens is 1. The van der Waals surface area contributed by atoms with E-state index in [-0.39, 0.29) is 11.6 Å². The summed E-state index contributed by atoms with van der Waals surface area (Å²) in [6, 6.07) is 12.1. The van der Waals surface area contributed by atoms with E-state index in [0.29, 0.717) is 21.2 Å². The fourth-order valence-electron chi connectivity index (χ4n) is 2.79. The second-order valence-electron chi connectivity index (χ2n) is 5.82. The van der Waals surface area contributed by atoms with Crippen molar-refractivity contribution in [2.45, 2.75) is 23.5 Å². The first kappa shape index (κ1) is 17.8. The van der Waals surface area contributed by atoms with E-state index >= 15 is 0 Å². The zero-order valence-corrected chi connectivity index (χ0v) is 15.1. The van der Waals surface area contributed by atoms with Gasteiger partial charge in [-0.1, -0.05) is 29.8 Å². The molecule has 1 saturated heterocycles. The van der Waals surface area contributed by atoms with Crippen molar-refractivity contribution in [2.24, 2.45) is 0 Å². The molecule has 130 valence electrons. The van der Waals surface area contributed by atoms with Gasteiger partial charge >= 0.3 is 0 Å². The lowest BCUT2D eigenvalue weighted by molar-refractivity contribution is -0.387. The molecule has 1 heterocycles. The number of carbonyl (C=O) groups excluding carboxylic acids is 1. The molecule has 0 aromatic heterocycles. The van der Waals surface area contributed by atoms with Gasteiger partial charge in [-0.3, -0.25) is 14.9 Å². The normalized spacial score (nSPS) is 13.9. The van der Waals surface area contributed by atoms with Gasteiger partial charge in [-0.25, -0.2) is 0 Å². The van der Waals surface area contributed by atoms with Gasteiger partial charge in [0, 0.05) is 35.5 Å². The number of nitro groups is 1. The fourth-order valence-corrected chi connectivity index (χ4v) is 4.08. The molecule has 0 unspecified atom stereocenters. The van der Waals surface area contributed by atoms with Crippen LogP contribution < -0.4 is 0 Å². The largest absolute Gasteiger partial charge is 0.339 e. The average molecular weight is 377 g/mol. The summed E-state index contributed by atoms with van der Waals surface area (Å²) < 4.78 is 0.